The van der Waals surface area contributed by atoms with Crippen molar-refractivity contribution in [2.75, 3.05) is 5.32 Å². The number of carbonyl (C=O) groups excluding carboxylic acids is 1. The van der Waals surface area contributed by atoms with E-state index >= 15 is 0 Å². The largest absolute Gasteiger partial charge is 0.417 e. The lowest BCUT2D eigenvalue weighted by molar-refractivity contribution is -0.138. The Balaban J connectivity index is 1.74. The number of amides is 1. The highest BCUT2D eigenvalue weighted by atomic mass is 35.5. The van der Waals surface area contributed by atoms with Gasteiger partial charge >= 0.3 is 18.4 Å². The second-order valence-electron chi connectivity index (χ2n) is 6.15. The Kier molecular flexibility index (Phi) is 5.85. The Labute approximate surface area is 175 Å². The zero-order chi connectivity index (χ0) is 23.0. The molecule has 0 bridgehead atoms. The molecule has 3 rings (SSSR count). The summed E-state index contributed by atoms with van der Waals surface area (Å²) < 4.78 is 81.9. The Hall–Kier alpha value is -3.28. The van der Waals surface area contributed by atoms with Gasteiger partial charge in [0.15, 0.2) is 0 Å². The van der Waals surface area contributed by atoms with Gasteiger partial charge in [0.1, 0.15) is 5.02 Å². The highest BCUT2D eigenvalue weighted by Crippen LogP contribution is 2.34. The molecule has 13 heteroatoms. The summed E-state index contributed by atoms with van der Waals surface area (Å²) in [5.41, 5.74) is -1.59. The number of pyridine rings is 1. The van der Waals surface area contributed by atoms with Gasteiger partial charge in [0, 0.05) is 18.0 Å². The molecule has 164 valence electrons. The maximum absolute atomic E-state index is 12.7. The van der Waals surface area contributed by atoms with Gasteiger partial charge in [-0.25, -0.2) is 9.78 Å². The van der Waals surface area contributed by atoms with Crippen LogP contribution in [0.1, 0.15) is 16.8 Å². The number of anilines is 1. The molecule has 1 N–H and O–H groups in total. The third-order valence-corrected chi connectivity index (χ3v) is 4.13. The second kappa shape index (κ2) is 8.10. The van der Waals surface area contributed by atoms with Crippen molar-refractivity contribution in [3.05, 3.63) is 64.4 Å². The molecule has 0 aliphatic rings. The molecule has 31 heavy (non-hydrogen) atoms. The summed E-state index contributed by atoms with van der Waals surface area (Å²) >= 11 is 5.77. The fourth-order valence-electron chi connectivity index (χ4n) is 2.38. The summed E-state index contributed by atoms with van der Waals surface area (Å²) in [5, 5.41) is 5.79. The zero-order valence-electron chi connectivity index (χ0n) is 15.3. The predicted molar refractivity (Wildman–Crippen MR) is 97.1 cm³/mol. The van der Waals surface area contributed by atoms with Crippen LogP contribution in [0.25, 0.3) is 0 Å². The van der Waals surface area contributed by atoms with Crippen molar-refractivity contribution in [3.8, 4) is 11.8 Å². The molecule has 2 heterocycles. The molecule has 0 aliphatic heterocycles. The molecule has 0 atom stereocenters. The smallest absolute Gasteiger partial charge is 0.417 e. The van der Waals surface area contributed by atoms with Crippen molar-refractivity contribution < 1.29 is 35.9 Å². The van der Waals surface area contributed by atoms with Gasteiger partial charge in [0.25, 0.3) is 0 Å². The van der Waals surface area contributed by atoms with Gasteiger partial charge in [-0.1, -0.05) is 11.6 Å². The summed E-state index contributed by atoms with van der Waals surface area (Å²) in [7, 11) is 0. The number of benzene rings is 1. The summed E-state index contributed by atoms with van der Waals surface area (Å²) in [5.74, 6) is -0.545. The Morgan fingerprint density at radius 2 is 1.65 bits per heavy atom. The van der Waals surface area contributed by atoms with E-state index in [0.717, 1.165) is 28.9 Å². The minimum Gasteiger partial charge on any atom is -0.417 e. The lowest BCUT2D eigenvalue weighted by atomic mass is 10.2. The highest BCUT2D eigenvalue weighted by molar-refractivity contribution is 6.31. The van der Waals surface area contributed by atoms with Crippen LogP contribution >= 0.6 is 11.6 Å². The van der Waals surface area contributed by atoms with Crippen molar-refractivity contribution in [3.63, 3.8) is 0 Å². The number of carbonyl (C=O) groups is 1. The van der Waals surface area contributed by atoms with Crippen molar-refractivity contribution >= 4 is 23.3 Å². The zero-order valence-corrected chi connectivity index (χ0v) is 16.1. The van der Waals surface area contributed by atoms with Crippen molar-refractivity contribution in [2.45, 2.75) is 19.3 Å². The summed E-state index contributed by atoms with van der Waals surface area (Å²) in [6, 6.07) is 4.87. The van der Waals surface area contributed by atoms with Gasteiger partial charge in [-0.05, 0) is 37.3 Å². The summed E-state index contributed by atoms with van der Waals surface area (Å²) in [4.78, 5) is 15.9. The number of hydrogen-bond donors (Lipinski definition) is 1. The van der Waals surface area contributed by atoms with Gasteiger partial charge in [0.05, 0.1) is 16.8 Å². The predicted octanol–water partition coefficient (Wildman–Crippen LogP) is 6.15. The first kappa shape index (κ1) is 22.4. The highest BCUT2D eigenvalue weighted by Gasteiger charge is 2.32. The Morgan fingerprint density at radius 3 is 2.19 bits per heavy atom. The minimum absolute atomic E-state index is 0.0859. The van der Waals surface area contributed by atoms with Gasteiger partial charge in [-0.2, -0.15) is 31.0 Å². The van der Waals surface area contributed by atoms with E-state index in [4.69, 9.17) is 16.3 Å². The van der Waals surface area contributed by atoms with Crippen LogP contribution in [-0.2, 0) is 12.4 Å². The summed E-state index contributed by atoms with van der Waals surface area (Å²) in [6.07, 6.45) is -8.62. The maximum Gasteiger partial charge on any atom is 0.417 e. The third kappa shape index (κ3) is 5.26. The van der Waals surface area contributed by atoms with Crippen LogP contribution in [0.15, 0.2) is 42.6 Å². The van der Waals surface area contributed by atoms with Crippen molar-refractivity contribution in [2.24, 2.45) is 0 Å². The van der Waals surface area contributed by atoms with Gasteiger partial charge in [0.2, 0.25) is 11.8 Å². The number of ether oxygens (including phenoxy) is 1. The first-order valence-electron chi connectivity index (χ1n) is 8.30. The van der Waals surface area contributed by atoms with E-state index in [1.54, 1.807) is 0 Å². The van der Waals surface area contributed by atoms with E-state index in [9.17, 15) is 31.1 Å². The van der Waals surface area contributed by atoms with Gasteiger partial charge in [-0.3, -0.25) is 0 Å². The number of nitrogens with zero attached hydrogens (tertiary/aromatic N) is 3. The van der Waals surface area contributed by atoms with E-state index in [1.165, 1.54) is 13.0 Å². The number of nitrogens with one attached hydrogen (secondary N) is 1. The van der Waals surface area contributed by atoms with Gasteiger partial charge < -0.3 is 10.1 Å². The number of hydrogen-bond acceptors (Lipinski definition) is 4. The van der Waals surface area contributed by atoms with E-state index in [-0.39, 0.29) is 23.1 Å². The fraction of sp³-hybridized carbons (Fsp3) is 0.167. The number of alkyl halides is 6. The molecule has 0 fully saturated rings. The second-order valence-corrected chi connectivity index (χ2v) is 6.56. The molecule has 0 radical (unpaired) electrons. The molecule has 6 nitrogen and oxygen atoms in total. The molecular formula is C18H11ClF6N4O2. The number of aromatic nitrogens is 3. The third-order valence-electron chi connectivity index (χ3n) is 3.86. The van der Waals surface area contributed by atoms with E-state index in [0.29, 0.717) is 12.3 Å². The number of halogens is 7. The SMILES string of the molecule is Cc1cc(Oc2ncc(C(F)(F)F)cc2Cl)nn1C(=O)Nc1ccc(C(F)(F)F)cc1. The molecular weight excluding hydrogens is 454 g/mol. The molecule has 1 aromatic carbocycles. The molecule has 0 unspecified atom stereocenters. The van der Waals surface area contributed by atoms with Crippen LogP contribution in [0.5, 0.6) is 11.8 Å². The van der Waals surface area contributed by atoms with E-state index < -0.39 is 34.5 Å². The summed E-state index contributed by atoms with van der Waals surface area (Å²) in [6.45, 7) is 1.48. The Bertz CT molecular complexity index is 1110. The average Bonchev–Trinajstić information content (AvgIpc) is 3.02. The van der Waals surface area contributed by atoms with Crippen molar-refractivity contribution in [1.29, 1.82) is 0 Å². The van der Waals surface area contributed by atoms with E-state index in [1.807, 2.05) is 0 Å². The lowest BCUT2D eigenvalue weighted by Gasteiger charge is -2.09. The van der Waals surface area contributed by atoms with Crippen LogP contribution in [0, 0.1) is 6.92 Å². The molecule has 0 spiro atoms. The molecule has 2 aromatic heterocycles. The number of aryl methyl sites for hydroxylation is 1. The minimum atomic E-state index is -4.64. The van der Waals surface area contributed by atoms with Crippen LogP contribution in [-0.4, -0.2) is 20.8 Å². The normalized spacial score (nSPS) is 12.0. The van der Waals surface area contributed by atoms with Crippen LogP contribution in [0.3, 0.4) is 0 Å². The fourth-order valence-corrected chi connectivity index (χ4v) is 2.58. The quantitative estimate of drug-likeness (QED) is 0.472. The van der Waals surface area contributed by atoms with Crippen LogP contribution in [0.4, 0.5) is 36.8 Å². The average molecular weight is 465 g/mol. The Morgan fingerprint density at radius 1 is 1.03 bits per heavy atom. The molecule has 0 saturated heterocycles. The topological polar surface area (TPSA) is 69.0 Å². The van der Waals surface area contributed by atoms with Crippen LogP contribution < -0.4 is 10.1 Å². The monoisotopic (exact) mass is 464 g/mol. The molecule has 0 saturated carbocycles. The first-order chi connectivity index (χ1) is 14.3. The van der Waals surface area contributed by atoms with Crippen LogP contribution in [0.2, 0.25) is 5.02 Å². The first-order valence-corrected chi connectivity index (χ1v) is 8.68. The number of rotatable bonds is 3. The molecule has 3 aromatic rings. The standard InChI is InChI=1S/C18H11ClF6N4O2/c1-9-6-14(31-15-13(19)7-11(8-26-15)18(23,24)25)28-29(9)16(30)27-12-4-2-10(3-5-12)17(20,21)22/h2-8H,1H3,(H,27,30). The van der Waals surface area contributed by atoms with Gasteiger partial charge in [-0.15, -0.1) is 5.10 Å². The lowest BCUT2D eigenvalue weighted by Crippen LogP contribution is -2.21. The molecule has 0 aliphatic carbocycles. The van der Waals surface area contributed by atoms with E-state index in [2.05, 4.69) is 15.4 Å². The maximum atomic E-state index is 12.7. The molecule has 1 amide bonds. The van der Waals surface area contributed by atoms with Crippen molar-refractivity contribution in [1.82, 2.24) is 14.8 Å².